The average molecular weight is 174 g/mol. The van der Waals surface area contributed by atoms with Gasteiger partial charge in [-0.1, -0.05) is 18.7 Å². The molecular weight excluding hydrogens is 160 g/mol. The van der Waals surface area contributed by atoms with E-state index in [9.17, 15) is 0 Å². The van der Waals surface area contributed by atoms with Crippen molar-refractivity contribution in [1.29, 1.82) is 0 Å². The third-order valence-electron chi connectivity index (χ3n) is 1.83. The van der Waals surface area contributed by atoms with Crippen molar-refractivity contribution in [1.82, 2.24) is 0 Å². The normalized spacial score (nSPS) is 22.9. The number of hydrogen-bond acceptors (Lipinski definition) is 2. The number of allylic oxidation sites excluding steroid dienone is 6. The molecule has 68 valence electrons. The summed E-state index contributed by atoms with van der Waals surface area (Å²) in [6.45, 7) is 5.66. The van der Waals surface area contributed by atoms with E-state index in [-0.39, 0.29) is 0 Å². The summed E-state index contributed by atoms with van der Waals surface area (Å²) in [7, 11) is 1.74. The third kappa shape index (κ3) is 1.96. The molecule has 0 bridgehead atoms. The lowest BCUT2D eigenvalue weighted by Crippen LogP contribution is -2.16. The second-order valence-corrected chi connectivity index (χ2v) is 2.92. The Hall–Kier alpha value is -1.57. The van der Waals surface area contributed by atoms with E-state index in [1.165, 1.54) is 0 Å². The Morgan fingerprint density at radius 3 is 2.69 bits per heavy atom. The van der Waals surface area contributed by atoms with Crippen molar-refractivity contribution in [2.75, 3.05) is 7.05 Å². The zero-order valence-electron chi connectivity index (χ0n) is 8.04. The molecule has 0 aliphatic heterocycles. The number of nitrogens with two attached hydrogens (primary N) is 1. The SMILES string of the molecule is C=C/C=C1/C=C(C)C=C(N)C1=NC. The van der Waals surface area contributed by atoms with Gasteiger partial charge < -0.3 is 5.73 Å². The van der Waals surface area contributed by atoms with Gasteiger partial charge in [-0.25, -0.2) is 0 Å². The van der Waals surface area contributed by atoms with E-state index in [2.05, 4.69) is 11.6 Å². The highest BCUT2D eigenvalue weighted by Gasteiger charge is 2.11. The summed E-state index contributed by atoms with van der Waals surface area (Å²) in [6, 6.07) is 0. The molecule has 0 spiro atoms. The number of hydrogen-bond donors (Lipinski definition) is 1. The molecule has 0 atom stereocenters. The van der Waals surface area contributed by atoms with Crippen molar-refractivity contribution in [3.63, 3.8) is 0 Å². The molecule has 0 aromatic carbocycles. The van der Waals surface area contributed by atoms with Crippen molar-refractivity contribution in [2.45, 2.75) is 6.92 Å². The first-order chi connectivity index (χ1) is 6.19. The first kappa shape index (κ1) is 9.52. The predicted molar refractivity (Wildman–Crippen MR) is 57.7 cm³/mol. The van der Waals surface area contributed by atoms with Gasteiger partial charge in [-0.05, 0) is 24.6 Å². The van der Waals surface area contributed by atoms with E-state index < -0.39 is 0 Å². The molecule has 0 saturated heterocycles. The topological polar surface area (TPSA) is 38.4 Å². The average Bonchev–Trinajstić information content (AvgIpc) is 2.04. The maximum absolute atomic E-state index is 5.81. The summed E-state index contributed by atoms with van der Waals surface area (Å²) in [5.74, 6) is 0. The highest BCUT2D eigenvalue weighted by atomic mass is 14.7. The van der Waals surface area contributed by atoms with Crippen LogP contribution >= 0.6 is 0 Å². The zero-order chi connectivity index (χ0) is 9.84. The lowest BCUT2D eigenvalue weighted by Gasteiger charge is -2.13. The highest BCUT2D eigenvalue weighted by molar-refractivity contribution is 6.15. The van der Waals surface area contributed by atoms with E-state index in [4.69, 9.17) is 5.73 Å². The fourth-order valence-corrected chi connectivity index (χ4v) is 1.35. The molecule has 13 heavy (non-hydrogen) atoms. The van der Waals surface area contributed by atoms with Crippen LogP contribution in [0.3, 0.4) is 0 Å². The van der Waals surface area contributed by atoms with Gasteiger partial charge in [-0.2, -0.15) is 0 Å². The van der Waals surface area contributed by atoms with Crippen molar-refractivity contribution in [3.05, 3.63) is 47.7 Å². The van der Waals surface area contributed by atoms with Crippen LogP contribution in [0.15, 0.2) is 52.7 Å². The van der Waals surface area contributed by atoms with Crippen LogP contribution in [0.2, 0.25) is 0 Å². The fraction of sp³-hybridized carbons (Fsp3) is 0.182. The quantitative estimate of drug-likeness (QED) is 0.648. The van der Waals surface area contributed by atoms with Crippen molar-refractivity contribution < 1.29 is 0 Å². The van der Waals surface area contributed by atoms with E-state index in [0.29, 0.717) is 0 Å². The van der Waals surface area contributed by atoms with Gasteiger partial charge in [-0.15, -0.1) is 0 Å². The molecule has 1 rings (SSSR count). The molecule has 2 nitrogen and oxygen atoms in total. The summed E-state index contributed by atoms with van der Waals surface area (Å²) in [5.41, 5.74) is 9.53. The summed E-state index contributed by atoms with van der Waals surface area (Å²) >= 11 is 0. The van der Waals surface area contributed by atoms with E-state index in [1.54, 1.807) is 13.1 Å². The van der Waals surface area contributed by atoms with Gasteiger partial charge in [0.15, 0.2) is 0 Å². The van der Waals surface area contributed by atoms with Crippen LogP contribution in [-0.2, 0) is 0 Å². The van der Waals surface area contributed by atoms with Crippen LogP contribution in [0.4, 0.5) is 0 Å². The summed E-state index contributed by atoms with van der Waals surface area (Å²) in [4.78, 5) is 4.13. The Labute approximate surface area is 78.9 Å². The lowest BCUT2D eigenvalue weighted by molar-refractivity contribution is 1.32. The first-order valence-electron chi connectivity index (χ1n) is 4.14. The van der Waals surface area contributed by atoms with Crippen LogP contribution < -0.4 is 5.73 Å². The molecule has 0 aromatic rings. The Kier molecular flexibility index (Phi) is 2.85. The van der Waals surface area contributed by atoms with Crippen LogP contribution in [0, 0.1) is 0 Å². The molecule has 0 radical (unpaired) electrons. The van der Waals surface area contributed by atoms with Crippen LogP contribution in [-0.4, -0.2) is 12.8 Å². The Bertz CT molecular complexity index is 341. The minimum atomic E-state index is 0.718. The summed E-state index contributed by atoms with van der Waals surface area (Å²) in [5, 5.41) is 0. The van der Waals surface area contributed by atoms with Gasteiger partial charge >= 0.3 is 0 Å². The number of nitrogens with zero attached hydrogens (tertiary/aromatic N) is 1. The van der Waals surface area contributed by atoms with Gasteiger partial charge in [0, 0.05) is 12.6 Å². The maximum atomic E-state index is 5.81. The first-order valence-corrected chi connectivity index (χ1v) is 4.14. The molecule has 0 heterocycles. The molecule has 0 saturated carbocycles. The molecule has 1 aliphatic rings. The van der Waals surface area contributed by atoms with Gasteiger partial charge in [0.05, 0.1) is 11.4 Å². The Morgan fingerprint density at radius 2 is 2.15 bits per heavy atom. The van der Waals surface area contributed by atoms with Crippen LogP contribution in [0.1, 0.15) is 6.92 Å². The van der Waals surface area contributed by atoms with Crippen molar-refractivity contribution in [3.8, 4) is 0 Å². The summed E-state index contributed by atoms with van der Waals surface area (Å²) in [6.07, 6.45) is 7.61. The second kappa shape index (κ2) is 3.90. The zero-order valence-corrected chi connectivity index (χ0v) is 8.04. The third-order valence-corrected chi connectivity index (χ3v) is 1.83. The minimum absolute atomic E-state index is 0.718. The molecule has 2 heteroatoms. The molecule has 1 aliphatic carbocycles. The fourth-order valence-electron chi connectivity index (χ4n) is 1.35. The van der Waals surface area contributed by atoms with Crippen molar-refractivity contribution >= 4 is 5.71 Å². The van der Waals surface area contributed by atoms with E-state index in [0.717, 1.165) is 22.6 Å². The van der Waals surface area contributed by atoms with E-state index >= 15 is 0 Å². The molecule has 2 N–H and O–H groups in total. The standard InChI is InChI=1S/C11H14N2/c1-4-5-9-6-8(2)7-10(12)11(9)13-3/h4-7H,1,12H2,2-3H3/b9-5-,13-11?. The minimum Gasteiger partial charge on any atom is -0.397 e. The lowest BCUT2D eigenvalue weighted by atomic mass is 9.98. The van der Waals surface area contributed by atoms with Gasteiger partial charge in [0.1, 0.15) is 0 Å². The Morgan fingerprint density at radius 1 is 1.46 bits per heavy atom. The van der Waals surface area contributed by atoms with Crippen molar-refractivity contribution in [2.24, 2.45) is 10.7 Å². The summed E-state index contributed by atoms with van der Waals surface area (Å²) < 4.78 is 0. The highest BCUT2D eigenvalue weighted by Crippen LogP contribution is 2.16. The van der Waals surface area contributed by atoms with Crippen LogP contribution in [0.25, 0.3) is 0 Å². The molecular formula is C11H14N2. The maximum Gasteiger partial charge on any atom is 0.0872 e. The molecule has 0 unspecified atom stereocenters. The smallest absolute Gasteiger partial charge is 0.0872 e. The molecule has 0 amide bonds. The van der Waals surface area contributed by atoms with Gasteiger partial charge in [0.2, 0.25) is 0 Å². The largest absolute Gasteiger partial charge is 0.397 e. The van der Waals surface area contributed by atoms with Gasteiger partial charge in [-0.3, -0.25) is 4.99 Å². The second-order valence-electron chi connectivity index (χ2n) is 2.92. The van der Waals surface area contributed by atoms with Crippen LogP contribution in [0.5, 0.6) is 0 Å². The predicted octanol–water partition coefficient (Wildman–Crippen LogP) is 1.97. The van der Waals surface area contributed by atoms with E-state index in [1.807, 2.05) is 25.2 Å². The monoisotopic (exact) mass is 174 g/mol. The number of aliphatic imine (C=N–C) groups is 1. The Balaban J connectivity index is 3.19. The molecule has 0 fully saturated rings. The molecule has 0 aromatic heterocycles. The van der Waals surface area contributed by atoms with Gasteiger partial charge in [0.25, 0.3) is 0 Å². The number of rotatable bonds is 1.